The molecule has 0 radical (unpaired) electrons. The quantitative estimate of drug-likeness (QED) is 0.694. The summed E-state index contributed by atoms with van der Waals surface area (Å²) in [5.41, 5.74) is 5.45. The van der Waals surface area contributed by atoms with E-state index in [1.165, 1.54) is 11.5 Å². The first-order valence-corrected chi connectivity index (χ1v) is 4.01. The first kappa shape index (κ1) is 7.63. The molecule has 3 nitrogen and oxygen atoms in total. The fourth-order valence-electron chi connectivity index (χ4n) is 0.614. The fourth-order valence-corrected chi connectivity index (χ4v) is 1.33. The van der Waals surface area contributed by atoms with Crippen molar-refractivity contribution in [1.29, 1.82) is 0 Å². The lowest BCUT2D eigenvalue weighted by Crippen LogP contribution is -2.08. The molecule has 2 N–H and O–H groups in total. The molecule has 0 fully saturated rings. The van der Waals surface area contributed by atoms with Gasteiger partial charge < -0.3 is 5.73 Å². The molecule has 1 rings (SSSR count). The van der Waals surface area contributed by atoms with E-state index in [9.17, 15) is 0 Å². The molecule has 0 aliphatic rings. The van der Waals surface area contributed by atoms with Gasteiger partial charge in [0.05, 0.1) is 0 Å². The van der Waals surface area contributed by atoms with Crippen LogP contribution in [-0.2, 0) is 0 Å². The average Bonchev–Trinajstić information content (AvgIpc) is 2.34. The summed E-state index contributed by atoms with van der Waals surface area (Å²) in [6.45, 7) is 4.60. The summed E-state index contributed by atoms with van der Waals surface area (Å²) in [4.78, 5) is 4.21. The standard InChI is InChI=1S/C6H11N3S/c1-4(3-7)6-8-5(2)9-10-6/h4H,3,7H2,1-2H3. The highest BCUT2D eigenvalue weighted by Crippen LogP contribution is 2.14. The van der Waals surface area contributed by atoms with E-state index in [0.717, 1.165) is 10.8 Å². The van der Waals surface area contributed by atoms with Gasteiger partial charge in [0.15, 0.2) is 0 Å². The molecule has 1 unspecified atom stereocenters. The Morgan fingerprint density at radius 2 is 2.40 bits per heavy atom. The van der Waals surface area contributed by atoms with Crippen molar-refractivity contribution >= 4 is 11.5 Å². The second kappa shape index (κ2) is 3.07. The van der Waals surface area contributed by atoms with E-state index >= 15 is 0 Å². The van der Waals surface area contributed by atoms with Gasteiger partial charge in [-0.1, -0.05) is 6.92 Å². The molecule has 56 valence electrons. The van der Waals surface area contributed by atoms with Crippen LogP contribution in [0.25, 0.3) is 0 Å². The van der Waals surface area contributed by atoms with Crippen molar-refractivity contribution in [2.24, 2.45) is 5.73 Å². The van der Waals surface area contributed by atoms with Gasteiger partial charge in [0, 0.05) is 12.5 Å². The van der Waals surface area contributed by atoms with E-state index in [-0.39, 0.29) is 0 Å². The Kier molecular flexibility index (Phi) is 2.34. The van der Waals surface area contributed by atoms with E-state index in [4.69, 9.17) is 5.73 Å². The third-order valence-corrected chi connectivity index (χ3v) is 2.35. The maximum absolute atomic E-state index is 5.45. The Bertz CT molecular complexity index is 209. The molecule has 0 aliphatic carbocycles. The number of hydrogen-bond donors (Lipinski definition) is 1. The first-order valence-electron chi connectivity index (χ1n) is 3.24. The molecule has 0 saturated heterocycles. The van der Waals surface area contributed by atoms with Crippen LogP contribution in [0.2, 0.25) is 0 Å². The number of rotatable bonds is 2. The molecule has 0 aliphatic heterocycles. The van der Waals surface area contributed by atoms with E-state index in [0.29, 0.717) is 12.5 Å². The van der Waals surface area contributed by atoms with Gasteiger partial charge in [-0.25, -0.2) is 4.98 Å². The predicted molar refractivity (Wildman–Crippen MR) is 42.1 cm³/mol. The largest absolute Gasteiger partial charge is 0.330 e. The summed E-state index contributed by atoms with van der Waals surface area (Å²) >= 11 is 1.44. The third-order valence-electron chi connectivity index (χ3n) is 1.32. The van der Waals surface area contributed by atoms with Crippen LogP contribution >= 0.6 is 11.5 Å². The number of aromatic nitrogens is 2. The zero-order chi connectivity index (χ0) is 7.56. The summed E-state index contributed by atoms with van der Waals surface area (Å²) in [7, 11) is 0. The van der Waals surface area contributed by atoms with Gasteiger partial charge in [0.2, 0.25) is 0 Å². The summed E-state index contributed by atoms with van der Waals surface area (Å²) in [5.74, 6) is 1.20. The van der Waals surface area contributed by atoms with Gasteiger partial charge in [-0.2, -0.15) is 4.37 Å². The first-order chi connectivity index (χ1) is 4.74. The smallest absolute Gasteiger partial charge is 0.139 e. The maximum Gasteiger partial charge on any atom is 0.139 e. The Balaban J connectivity index is 2.74. The number of nitrogens with zero attached hydrogens (tertiary/aromatic N) is 2. The highest BCUT2D eigenvalue weighted by atomic mass is 32.1. The Morgan fingerprint density at radius 1 is 1.70 bits per heavy atom. The highest BCUT2D eigenvalue weighted by Gasteiger charge is 2.07. The summed E-state index contributed by atoms with van der Waals surface area (Å²) in [6, 6.07) is 0. The van der Waals surface area contributed by atoms with Crippen LogP contribution in [0.1, 0.15) is 23.7 Å². The topological polar surface area (TPSA) is 51.8 Å². The van der Waals surface area contributed by atoms with Crippen LogP contribution in [-0.4, -0.2) is 15.9 Å². The van der Waals surface area contributed by atoms with E-state index in [1.54, 1.807) is 0 Å². The van der Waals surface area contributed by atoms with Crippen molar-refractivity contribution in [3.63, 3.8) is 0 Å². The Hall–Kier alpha value is -0.480. The molecular weight excluding hydrogens is 146 g/mol. The molecule has 4 heteroatoms. The lowest BCUT2D eigenvalue weighted by molar-refractivity contribution is 0.762. The van der Waals surface area contributed by atoms with Gasteiger partial charge in [-0.3, -0.25) is 0 Å². The Morgan fingerprint density at radius 3 is 2.80 bits per heavy atom. The van der Waals surface area contributed by atoms with Gasteiger partial charge in [-0.05, 0) is 18.5 Å². The van der Waals surface area contributed by atoms with Gasteiger partial charge >= 0.3 is 0 Å². The molecule has 1 aromatic rings. The minimum Gasteiger partial charge on any atom is -0.330 e. The lowest BCUT2D eigenvalue weighted by atomic mass is 10.2. The average molecular weight is 157 g/mol. The zero-order valence-electron chi connectivity index (χ0n) is 6.16. The second-order valence-corrected chi connectivity index (χ2v) is 3.10. The van der Waals surface area contributed by atoms with Crippen molar-refractivity contribution in [2.75, 3.05) is 6.54 Å². The van der Waals surface area contributed by atoms with Gasteiger partial charge in [0.1, 0.15) is 10.8 Å². The minimum absolute atomic E-state index is 0.353. The molecular formula is C6H11N3S. The van der Waals surface area contributed by atoms with Gasteiger partial charge in [0.25, 0.3) is 0 Å². The molecule has 10 heavy (non-hydrogen) atoms. The van der Waals surface area contributed by atoms with Crippen molar-refractivity contribution in [2.45, 2.75) is 19.8 Å². The molecule has 0 amide bonds. The molecule has 0 bridgehead atoms. The summed E-state index contributed by atoms with van der Waals surface area (Å²) < 4.78 is 4.06. The SMILES string of the molecule is Cc1nsc(C(C)CN)n1. The van der Waals surface area contributed by atoms with Crippen LogP contribution in [0.3, 0.4) is 0 Å². The van der Waals surface area contributed by atoms with Crippen molar-refractivity contribution in [3.05, 3.63) is 10.8 Å². The van der Waals surface area contributed by atoms with Crippen LogP contribution in [0.15, 0.2) is 0 Å². The maximum atomic E-state index is 5.45. The lowest BCUT2D eigenvalue weighted by Gasteiger charge is -1.99. The monoisotopic (exact) mass is 157 g/mol. The van der Waals surface area contributed by atoms with Crippen molar-refractivity contribution in [3.8, 4) is 0 Å². The minimum atomic E-state index is 0.353. The normalized spacial score (nSPS) is 13.5. The molecule has 1 aromatic heterocycles. The third kappa shape index (κ3) is 1.52. The zero-order valence-corrected chi connectivity index (χ0v) is 6.98. The molecule has 0 saturated carbocycles. The van der Waals surface area contributed by atoms with Crippen molar-refractivity contribution in [1.82, 2.24) is 9.36 Å². The fraction of sp³-hybridized carbons (Fsp3) is 0.667. The molecule has 0 aromatic carbocycles. The number of nitrogens with two attached hydrogens (primary N) is 1. The van der Waals surface area contributed by atoms with E-state index in [2.05, 4.69) is 16.3 Å². The number of hydrogen-bond acceptors (Lipinski definition) is 4. The van der Waals surface area contributed by atoms with Crippen LogP contribution in [0, 0.1) is 6.92 Å². The van der Waals surface area contributed by atoms with Crippen molar-refractivity contribution < 1.29 is 0 Å². The molecule has 1 atom stereocenters. The second-order valence-electron chi connectivity index (χ2n) is 2.32. The number of aryl methyl sites for hydroxylation is 1. The summed E-state index contributed by atoms with van der Waals surface area (Å²) in [5, 5.41) is 1.04. The molecule has 0 spiro atoms. The Labute approximate surface area is 64.5 Å². The highest BCUT2D eigenvalue weighted by molar-refractivity contribution is 7.05. The predicted octanol–water partition coefficient (Wildman–Crippen LogP) is 0.909. The molecule has 1 heterocycles. The van der Waals surface area contributed by atoms with E-state index in [1.807, 2.05) is 6.92 Å². The van der Waals surface area contributed by atoms with Crippen LogP contribution < -0.4 is 5.73 Å². The van der Waals surface area contributed by atoms with Crippen LogP contribution in [0.4, 0.5) is 0 Å². The van der Waals surface area contributed by atoms with Gasteiger partial charge in [-0.15, -0.1) is 0 Å². The van der Waals surface area contributed by atoms with E-state index < -0.39 is 0 Å². The van der Waals surface area contributed by atoms with Crippen LogP contribution in [0.5, 0.6) is 0 Å². The summed E-state index contributed by atoms with van der Waals surface area (Å²) in [6.07, 6.45) is 0.